The molecule has 0 saturated carbocycles. The van der Waals surface area contributed by atoms with Gasteiger partial charge in [0.2, 0.25) is 11.7 Å². The quantitative estimate of drug-likeness (QED) is 0.254. The fraction of sp³-hybridized carbons (Fsp3) is 0.765. The third-order valence-corrected chi connectivity index (χ3v) is 5.78. The van der Waals surface area contributed by atoms with Crippen LogP contribution in [0.3, 0.4) is 0 Å². The molecule has 0 aromatic heterocycles. The van der Waals surface area contributed by atoms with Gasteiger partial charge in [-0.3, -0.25) is 0 Å². The van der Waals surface area contributed by atoms with Crippen LogP contribution in [0.1, 0.15) is 0 Å². The van der Waals surface area contributed by atoms with Crippen molar-refractivity contribution in [2.75, 3.05) is 0 Å². The largest absolute Gasteiger partial charge is 0.460 e. The van der Waals surface area contributed by atoms with Gasteiger partial charge in [-0.15, -0.1) is 0 Å². The lowest BCUT2D eigenvalue weighted by atomic mass is 10.0. The van der Waals surface area contributed by atoms with Crippen molar-refractivity contribution in [2.45, 2.75) is 78.1 Å². The van der Waals surface area contributed by atoms with Crippen LogP contribution in [0, 0.1) is 0 Å². The van der Waals surface area contributed by atoms with Crippen molar-refractivity contribution in [3.63, 3.8) is 0 Å². The Labute approximate surface area is 255 Å². The standard InChI is InChI=1S/C17HF28N5O/c18-5(19,9(26,27)13(34,35)36)1-46-3(7(22,23)11(30,31)15(40,41)42)50-4(8(24,25)12(32,33)16(43,44)45)47-2(49-17(50,51)48-1)6(20,21)10(28,29)14(37,38)39/h51H. The van der Waals surface area contributed by atoms with E-state index in [0.29, 0.717) is 0 Å². The Morgan fingerprint density at radius 3 is 0.745 bits per heavy atom. The van der Waals surface area contributed by atoms with E-state index in [4.69, 9.17) is 0 Å². The summed E-state index contributed by atoms with van der Waals surface area (Å²) < 4.78 is 379. The minimum Gasteiger partial charge on any atom is -0.333 e. The molecule has 2 heterocycles. The second kappa shape index (κ2) is 11.0. The van der Waals surface area contributed by atoms with Crippen molar-refractivity contribution >= 4 is 23.3 Å². The Hall–Kier alpha value is -3.52. The number of amidine groups is 4. The molecule has 0 fully saturated rings. The fourth-order valence-electron chi connectivity index (χ4n) is 3.12. The molecule has 2 rings (SSSR count). The molecule has 34 heteroatoms. The van der Waals surface area contributed by atoms with E-state index in [1.54, 1.807) is 0 Å². The maximum Gasteiger partial charge on any atom is 0.460 e. The molecule has 0 unspecified atom stereocenters. The molecule has 0 aromatic rings. The minimum atomic E-state index is -8.34. The molecule has 0 aromatic carbocycles. The highest BCUT2D eigenvalue weighted by Crippen LogP contribution is 2.56. The lowest BCUT2D eigenvalue weighted by molar-refractivity contribution is -0.342. The van der Waals surface area contributed by atoms with E-state index < -0.39 is 106 Å². The summed E-state index contributed by atoms with van der Waals surface area (Å²) in [7, 11) is 0. The molecule has 2 aliphatic heterocycles. The topological polar surface area (TPSA) is 72.9 Å². The predicted octanol–water partition coefficient (Wildman–Crippen LogP) is 7.84. The van der Waals surface area contributed by atoms with Gasteiger partial charge in [0.1, 0.15) is 0 Å². The van der Waals surface area contributed by atoms with Gasteiger partial charge in [0.05, 0.1) is 0 Å². The van der Waals surface area contributed by atoms with E-state index in [1.807, 2.05) is 0 Å². The van der Waals surface area contributed by atoms with Gasteiger partial charge in [0.15, 0.2) is 11.7 Å². The Balaban J connectivity index is 3.40. The second-order valence-electron chi connectivity index (χ2n) is 9.26. The molecule has 6 nitrogen and oxygen atoms in total. The highest BCUT2D eigenvalue weighted by Gasteiger charge is 2.84. The Bertz CT molecular complexity index is 1410. The van der Waals surface area contributed by atoms with Crippen LogP contribution >= 0.6 is 0 Å². The smallest absolute Gasteiger partial charge is 0.333 e. The number of fused-ring (bicyclic) bond motifs is 1. The van der Waals surface area contributed by atoms with E-state index in [-0.39, 0.29) is 0 Å². The van der Waals surface area contributed by atoms with Crippen molar-refractivity contribution in [1.29, 1.82) is 0 Å². The molecule has 0 saturated heterocycles. The zero-order chi connectivity index (χ0) is 41.2. The van der Waals surface area contributed by atoms with Crippen LogP contribution < -0.4 is 0 Å². The van der Waals surface area contributed by atoms with Crippen molar-refractivity contribution < 1.29 is 128 Å². The molecule has 0 bridgehead atoms. The van der Waals surface area contributed by atoms with E-state index in [9.17, 15) is 128 Å². The molecule has 0 aliphatic carbocycles. The first-order valence-electron chi connectivity index (χ1n) is 11.0. The van der Waals surface area contributed by atoms with Gasteiger partial charge in [-0.1, -0.05) is 0 Å². The summed E-state index contributed by atoms with van der Waals surface area (Å²) in [5.41, 5.74) is 0. The molecule has 0 radical (unpaired) electrons. The number of nitrogens with zero attached hydrogens (tertiary/aromatic N) is 5. The highest BCUT2D eigenvalue weighted by molar-refractivity contribution is 6.18. The summed E-state index contributed by atoms with van der Waals surface area (Å²) in [4.78, 5) is 0.561. The fourth-order valence-corrected chi connectivity index (χ4v) is 3.12. The van der Waals surface area contributed by atoms with Crippen LogP contribution in [0.15, 0.2) is 20.0 Å². The molecule has 0 spiro atoms. The lowest BCUT2D eigenvalue weighted by Gasteiger charge is -2.46. The number of alkyl halides is 28. The van der Waals surface area contributed by atoms with E-state index >= 15 is 0 Å². The average molecular weight is 823 g/mol. The van der Waals surface area contributed by atoms with Gasteiger partial charge in [0.25, 0.3) is 0 Å². The minimum absolute atomic E-state index is 0.845. The van der Waals surface area contributed by atoms with Gasteiger partial charge in [-0.2, -0.15) is 133 Å². The number of aliphatic imine (C=N–C) groups is 4. The summed E-state index contributed by atoms with van der Waals surface area (Å²) in [6.07, 6.45) is -31.9. The third kappa shape index (κ3) is 5.93. The van der Waals surface area contributed by atoms with Gasteiger partial charge < -0.3 is 5.11 Å². The van der Waals surface area contributed by atoms with Crippen LogP contribution in [0.2, 0.25) is 0 Å². The maximum absolute atomic E-state index is 14.7. The molecule has 1 N–H and O–H groups in total. The van der Waals surface area contributed by atoms with Crippen molar-refractivity contribution in [2.24, 2.45) is 20.0 Å². The van der Waals surface area contributed by atoms with Gasteiger partial charge in [0, 0.05) is 0 Å². The summed E-state index contributed by atoms with van der Waals surface area (Å²) in [6, 6.07) is 0. The third-order valence-electron chi connectivity index (χ3n) is 5.78. The number of hydrogen-bond donors (Lipinski definition) is 1. The molecule has 2 aliphatic rings. The molecule has 0 atom stereocenters. The first kappa shape index (κ1) is 43.6. The normalized spacial score (nSPS) is 19.7. The molecule has 296 valence electrons. The summed E-state index contributed by atoms with van der Waals surface area (Å²) >= 11 is 0. The SMILES string of the molecule is OC12N=C(C(F)(F)C(F)(F)C(F)(F)F)N=C(C(F)(F)C(F)(F)C(F)(F)F)N1C(C(F)(F)C(F)(F)C(F)(F)F)=NC(C(F)(F)C(F)(F)C(F)(F)F)=N2. The van der Waals surface area contributed by atoms with Gasteiger partial charge >= 0.3 is 78.1 Å². The van der Waals surface area contributed by atoms with Crippen molar-refractivity contribution in [1.82, 2.24) is 4.90 Å². The zero-order valence-corrected chi connectivity index (χ0v) is 21.8. The van der Waals surface area contributed by atoms with E-state index in [1.165, 1.54) is 0 Å². The van der Waals surface area contributed by atoms with Gasteiger partial charge in [-0.25, -0.2) is 14.9 Å². The van der Waals surface area contributed by atoms with Crippen LogP contribution in [0.25, 0.3) is 0 Å². The Kier molecular flexibility index (Phi) is 9.41. The van der Waals surface area contributed by atoms with Crippen molar-refractivity contribution in [3.05, 3.63) is 0 Å². The number of halogens is 28. The monoisotopic (exact) mass is 823 g/mol. The van der Waals surface area contributed by atoms with Crippen molar-refractivity contribution in [3.8, 4) is 0 Å². The molecular formula is C17HF28N5O. The highest BCUT2D eigenvalue weighted by atomic mass is 19.5. The lowest BCUT2D eigenvalue weighted by Crippen LogP contribution is -2.73. The molecular weight excluding hydrogens is 822 g/mol. The maximum atomic E-state index is 14.7. The summed E-state index contributed by atoms with van der Waals surface area (Å²) in [5.74, 6) is -91.3. The van der Waals surface area contributed by atoms with Crippen LogP contribution in [0.5, 0.6) is 0 Å². The molecule has 0 amide bonds. The molecule has 51 heavy (non-hydrogen) atoms. The number of rotatable bonds is 8. The number of aliphatic hydroxyl groups is 1. The summed E-state index contributed by atoms with van der Waals surface area (Å²) in [6.45, 7) is 0. The van der Waals surface area contributed by atoms with Crippen LogP contribution in [-0.4, -0.2) is 111 Å². The predicted molar refractivity (Wildman–Crippen MR) is 100 cm³/mol. The van der Waals surface area contributed by atoms with E-state index in [2.05, 4.69) is 0 Å². The van der Waals surface area contributed by atoms with E-state index in [0.717, 1.165) is 20.0 Å². The second-order valence-corrected chi connectivity index (χ2v) is 9.26. The Morgan fingerprint density at radius 2 is 0.549 bits per heavy atom. The number of hydrogen-bond acceptors (Lipinski definition) is 6. The first-order valence-corrected chi connectivity index (χ1v) is 11.0. The average Bonchev–Trinajstić information content (AvgIpc) is 2.88. The van der Waals surface area contributed by atoms with Gasteiger partial charge in [-0.05, 0) is 0 Å². The summed E-state index contributed by atoms with van der Waals surface area (Å²) in [5, 5.41) is 10.2. The zero-order valence-electron chi connectivity index (χ0n) is 21.8. The Morgan fingerprint density at radius 1 is 0.353 bits per heavy atom. The van der Waals surface area contributed by atoms with Crippen LogP contribution in [0.4, 0.5) is 123 Å². The van der Waals surface area contributed by atoms with Crippen LogP contribution in [-0.2, 0) is 0 Å². The first-order chi connectivity index (χ1) is 21.8.